The minimum Gasteiger partial charge on any atom is -0.344 e. The molecule has 10 nitrogen and oxygen atoms in total. The van der Waals surface area contributed by atoms with Crippen LogP contribution in [-0.2, 0) is 9.59 Å². The summed E-state index contributed by atoms with van der Waals surface area (Å²) in [6.45, 7) is 0. The van der Waals surface area contributed by atoms with Crippen LogP contribution >= 0.6 is 11.6 Å². The van der Waals surface area contributed by atoms with Crippen molar-refractivity contribution in [1.82, 2.24) is 35.5 Å². The highest BCUT2D eigenvalue weighted by atomic mass is 35.5. The molecule has 37 heavy (non-hydrogen) atoms. The Balaban J connectivity index is 1.41. The lowest BCUT2D eigenvalue weighted by atomic mass is 10.0. The van der Waals surface area contributed by atoms with Crippen molar-refractivity contribution < 1.29 is 9.59 Å². The number of carbonyl (C=O) groups is 2. The number of anilines is 1. The van der Waals surface area contributed by atoms with E-state index < -0.39 is 0 Å². The SMILES string of the molecule is O=C(C=Cc1cc(Cl)ccc1-n1cnnn1)NC1CCCCC(=O)Nc2cccnc2-c2ccnc1c2. The molecular formula is C26H23ClN8O2. The Kier molecular flexibility index (Phi) is 7.27. The third-order valence-electron chi connectivity index (χ3n) is 5.96. The number of nitrogens with one attached hydrogen (secondary N) is 2. The highest BCUT2D eigenvalue weighted by molar-refractivity contribution is 6.30. The van der Waals surface area contributed by atoms with Gasteiger partial charge < -0.3 is 10.6 Å². The highest BCUT2D eigenvalue weighted by Gasteiger charge is 2.19. The number of amides is 2. The summed E-state index contributed by atoms with van der Waals surface area (Å²) in [6.07, 6.45) is 10.4. The number of aromatic nitrogens is 6. The number of hydrogen-bond donors (Lipinski definition) is 2. The fourth-order valence-corrected chi connectivity index (χ4v) is 4.37. The van der Waals surface area contributed by atoms with Gasteiger partial charge in [-0.05, 0) is 71.8 Å². The lowest BCUT2D eigenvalue weighted by molar-refractivity contribution is -0.118. The first-order chi connectivity index (χ1) is 18.1. The maximum atomic E-state index is 13.0. The van der Waals surface area contributed by atoms with Crippen LogP contribution in [0.5, 0.6) is 0 Å². The second-order valence-corrected chi connectivity index (χ2v) is 8.95. The number of tetrazole rings is 1. The number of pyridine rings is 2. The Bertz CT molecular complexity index is 1450. The van der Waals surface area contributed by atoms with E-state index in [1.165, 1.54) is 17.1 Å². The minimum absolute atomic E-state index is 0.0625. The van der Waals surface area contributed by atoms with E-state index in [0.29, 0.717) is 46.9 Å². The number of hydrogen-bond acceptors (Lipinski definition) is 7. The average Bonchev–Trinajstić information content (AvgIpc) is 3.44. The molecule has 1 aliphatic heterocycles. The average molecular weight is 515 g/mol. The second-order valence-electron chi connectivity index (χ2n) is 8.51. The van der Waals surface area contributed by atoms with Crippen LogP contribution in [0.2, 0.25) is 5.02 Å². The van der Waals surface area contributed by atoms with Gasteiger partial charge in [-0.3, -0.25) is 19.6 Å². The Morgan fingerprint density at radius 1 is 1.14 bits per heavy atom. The topological polar surface area (TPSA) is 128 Å². The van der Waals surface area contributed by atoms with Crippen molar-refractivity contribution in [1.29, 1.82) is 0 Å². The van der Waals surface area contributed by atoms with Crippen molar-refractivity contribution >= 4 is 35.2 Å². The lowest BCUT2D eigenvalue weighted by Gasteiger charge is -2.19. The molecule has 5 rings (SSSR count). The maximum absolute atomic E-state index is 13.0. The number of carbonyl (C=O) groups excluding carboxylic acids is 2. The number of nitrogens with zero attached hydrogens (tertiary/aromatic N) is 6. The third kappa shape index (κ3) is 5.87. The molecule has 11 heteroatoms. The zero-order chi connectivity index (χ0) is 25.6. The van der Waals surface area contributed by atoms with Gasteiger partial charge in [-0.15, -0.1) is 5.10 Å². The molecule has 0 spiro atoms. The zero-order valence-corrected chi connectivity index (χ0v) is 20.5. The summed E-state index contributed by atoms with van der Waals surface area (Å²) in [4.78, 5) is 34.5. The molecular weight excluding hydrogens is 492 g/mol. The van der Waals surface area contributed by atoms with Gasteiger partial charge in [-0.2, -0.15) is 4.68 Å². The van der Waals surface area contributed by atoms with E-state index in [1.54, 1.807) is 42.7 Å². The summed E-state index contributed by atoms with van der Waals surface area (Å²) in [6, 6.07) is 12.3. The molecule has 1 aromatic carbocycles. The first-order valence-corrected chi connectivity index (χ1v) is 12.2. The van der Waals surface area contributed by atoms with Gasteiger partial charge in [0.05, 0.1) is 28.8 Å². The first kappa shape index (κ1) is 24.3. The van der Waals surface area contributed by atoms with Gasteiger partial charge in [-0.1, -0.05) is 18.0 Å². The van der Waals surface area contributed by atoms with Gasteiger partial charge in [0.1, 0.15) is 6.33 Å². The predicted octanol–water partition coefficient (Wildman–Crippen LogP) is 4.16. The van der Waals surface area contributed by atoms with E-state index in [4.69, 9.17) is 11.6 Å². The molecule has 0 saturated carbocycles. The predicted molar refractivity (Wildman–Crippen MR) is 139 cm³/mol. The molecule has 1 aliphatic rings. The molecule has 1 atom stereocenters. The largest absolute Gasteiger partial charge is 0.344 e. The number of benzene rings is 1. The molecule has 3 aromatic heterocycles. The Hall–Kier alpha value is -4.44. The van der Waals surface area contributed by atoms with Gasteiger partial charge >= 0.3 is 0 Å². The highest BCUT2D eigenvalue weighted by Crippen LogP contribution is 2.29. The van der Waals surface area contributed by atoms with Crippen LogP contribution < -0.4 is 10.6 Å². The molecule has 4 aromatic rings. The number of fused-ring (bicyclic) bond motifs is 4. The maximum Gasteiger partial charge on any atom is 0.244 e. The smallest absolute Gasteiger partial charge is 0.244 e. The summed E-state index contributed by atoms with van der Waals surface area (Å²) >= 11 is 6.18. The van der Waals surface area contributed by atoms with Crippen molar-refractivity contribution in [3.63, 3.8) is 0 Å². The normalized spacial score (nSPS) is 15.8. The summed E-state index contributed by atoms with van der Waals surface area (Å²) in [5.74, 6) is -0.351. The van der Waals surface area contributed by atoms with E-state index in [9.17, 15) is 9.59 Å². The van der Waals surface area contributed by atoms with Gasteiger partial charge in [0.25, 0.3) is 0 Å². The molecule has 2 amide bonds. The second kappa shape index (κ2) is 11.1. The van der Waals surface area contributed by atoms with E-state index >= 15 is 0 Å². The van der Waals surface area contributed by atoms with Crippen molar-refractivity contribution in [2.45, 2.75) is 31.7 Å². The number of rotatable bonds is 4. The summed E-state index contributed by atoms with van der Waals surface area (Å²) < 4.78 is 1.50. The summed E-state index contributed by atoms with van der Waals surface area (Å²) in [5, 5.41) is 17.8. The van der Waals surface area contributed by atoms with Crippen LogP contribution in [0.1, 0.15) is 43.0 Å². The summed E-state index contributed by atoms with van der Waals surface area (Å²) in [7, 11) is 0. The standard InChI is InChI=1S/C26H23ClN8O2/c27-19-8-9-23(35-16-30-33-34-35)17(14-19)7-10-25(37)31-20-4-1-2-6-24(36)32-21-5-3-12-29-26(21)18-11-13-28-22(20)15-18/h3,5,7-16,20H,1-2,4,6H2,(H,31,37)(H,32,36). The first-order valence-electron chi connectivity index (χ1n) is 11.8. The third-order valence-corrected chi connectivity index (χ3v) is 6.19. The van der Waals surface area contributed by atoms with Gasteiger partial charge in [-0.25, -0.2) is 0 Å². The fraction of sp³-hybridized carbons (Fsp3) is 0.192. The Labute approximate surface area is 217 Å². The van der Waals surface area contributed by atoms with Crippen molar-refractivity contribution in [2.75, 3.05) is 5.32 Å². The molecule has 186 valence electrons. The van der Waals surface area contributed by atoms with Gasteiger partial charge in [0.15, 0.2) is 0 Å². The molecule has 1 unspecified atom stereocenters. The molecule has 4 heterocycles. The van der Waals surface area contributed by atoms with E-state index in [-0.39, 0.29) is 17.9 Å². The Morgan fingerprint density at radius 3 is 2.92 bits per heavy atom. The van der Waals surface area contributed by atoms with Gasteiger partial charge in [0.2, 0.25) is 11.8 Å². The monoisotopic (exact) mass is 514 g/mol. The van der Waals surface area contributed by atoms with Crippen LogP contribution in [0.4, 0.5) is 5.69 Å². The zero-order valence-electron chi connectivity index (χ0n) is 19.7. The van der Waals surface area contributed by atoms with Crippen LogP contribution in [0.3, 0.4) is 0 Å². The van der Waals surface area contributed by atoms with Crippen LogP contribution in [-0.4, -0.2) is 42.0 Å². The molecule has 0 aliphatic carbocycles. The molecule has 2 bridgehead atoms. The Morgan fingerprint density at radius 2 is 2.05 bits per heavy atom. The molecule has 0 saturated heterocycles. The lowest BCUT2D eigenvalue weighted by Crippen LogP contribution is -2.28. The van der Waals surface area contributed by atoms with Crippen molar-refractivity contribution in [3.05, 3.63) is 83.5 Å². The number of halogens is 1. The molecule has 2 N–H and O–H groups in total. The minimum atomic E-state index is -0.343. The molecule has 0 fully saturated rings. The van der Waals surface area contributed by atoms with Crippen LogP contribution in [0.25, 0.3) is 23.0 Å². The van der Waals surface area contributed by atoms with Crippen molar-refractivity contribution in [2.24, 2.45) is 0 Å². The summed E-state index contributed by atoms with van der Waals surface area (Å²) in [5.41, 5.74) is 4.20. The van der Waals surface area contributed by atoms with Crippen LogP contribution in [0, 0.1) is 0 Å². The fourth-order valence-electron chi connectivity index (χ4n) is 4.19. The quantitative estimate of drug-likeness (QED) is 0.391. The molecule has 0 radical (unpaired) electrons. The van der Waals surface area contributed by atoms with Gasteiger partial charge in [0, 0.05) is 41.0 Å². The van der Waals surface area contributed by atoms with Crippen molar-refractivity contribution in [3.8, 4) is 16.9 Å². The van der Waals surface area contributed by atoms with E-state index in [1.807, 2.05) is 18.2 Å². The van der Waals surface area contributed by atoms with E-state index in [0.717, 1.165) is 17.7 Å². The van der Waals surface area contributed by atoms with E-state index in [2.05, 4.69) is 36.1 Å². The van der Waals surface area contributed by atoms with Crippen LogP contribution in [0.15, 0.2) is 67.3 Å².